The first kappa shape index (κ1) is 13.0. The first-order valence-corrected chi connectivity index (χ1v) is 6.66. The Hall–Kier alpha value is -1.40. The fourth-order valence-electron chi connectivity index (χ4n) is 1.34. The molecule has 0 unspecified atom stereocenters. The summed E-state index contributed by atoms with van der Waals surface area (Å²) in [5, 5.41) is 9.72. The van der Waals surface area contributed by atoms with Crippen LogP contribution in [0.2, 0.25) is 0 Å². The van der Waals surface area contributed by atoms with Crippen molar-refractivity contribution in [3.05, 3.63) is 46.3 Å². The molecule has 18 heavy (non-hydrogen) atoms. The van der Waals surface area contributed by atoms with Crippen LogP contribution >= 0.6 is 27.7 Å². The summed E-state index contributed by atoms with van der Waals surface area (Å²) in [4.78, 5) is 19.7. The van der Waals surface area contributed by atoms with Crippen molar-refractivity contribution in [1.29, 1.82) is 0 Å². The van der Waals surface area contributed by atoms with Gasteiger partial charge in [0.25, 0.3) is 0 Å². The summed E-state index contributed by atoms with van der Waals surface area (Å²) >= 11 is 4.77. The number of nitrogens with zero attached hydrogens (tertiary/aromatic N) is 2. The number of halogens is 1. The van der Waals surface area contributed by atoms with Crippen LogP contribution in [-0.2, 0) is 0 Å². The van der Waals surface area contributed by atoms with Crippen molar-refractivity contribution < 1.29 is 9.90 Å². The van der Waals surface area contributed by atoms with E-state index in [1.165, 1.54) is 24.0 Å². The fraction of sp³-hybridized carbons (Fsp3) is 0.0833. The van der Waals surface area contributed by atoms with Gasteiger partial charge in [0.15, 0.2) is 0 Å². The number of aromatic carboxylic acids is 1. The molecule has 0 aromatic carbocycles. The number of hydrogen-bond acceptors (Lipinski definition) is 4. The van der Waals surface area contributed by atoms with E-state index in [9.17, 15) is 4.79 Å². The maximum atomic E-state index is 10.8. The highest BCUT2D eigenvalue weighted by molar-refractivity contribution is 9.10. The van der Waals surface area contributed by atoms with Gasteiger partial charge in [-0.25, -0.2) is 14.8 Å². The first-order valence-electron chi connectivity index (χ1n) is 5.05. The number of carboxylic acid groups (broad SMARTS) is 1. The van der Waals surface area contributed by atoms with E-state index >= 15 is 0 Å². The third-order valence-electron chi connectivity index (χ3n) is 2.16. The highest BCUT2D eigenvalue weighted by Gasteiger charge is 2.08. The lowest BCUT2D eigenvalue weighted by Gasteiger charge is -2.05. The Bertz CT molecular complexity index is 604. The second kappa shape index (κ2) is 5.49. The van der Waals surface area contributed by atoms with Gasteiger partial charge >= 0.3 is 5.97 Å². The molecule has 2 rings (SSSR count). The summed E-state index contributed by atoms with van der Waals surface area (Å²) in [6.45, 7) is 1.96. The smallest absolute Gasteiger partial charge is 0.354 e. The lowest BCUT2D eigenvalue weighted by molar-refractivity contribution is 0.0690. The molecule has 0 saturated heterocycles. The van der Waals surface area contributed by atoms with Crippen molar-refractivity contribution in [1.82, 2.24) is 9.97 Å². The van der Waals surface area contributed by atoms with Gasteiger partial charge in [-0.15, -0.1) is 0 Å². The van der Waals surface area contributed by atoms with Gasteiger partial charge in [-0.2, -0.15) is 0 Å². The van der Waals surface area contributed by atoms with E-state index in [0.29, 0.717) is 0 Å². The zero-order valence-electron chi connectivity index (χ0n) is 9.42. The molecular formula is C12H9BrN2O2S. The minimum absolute atomic E-state index is 0.0368. The molecule has 0 spiro atoms. The Morgan fingerprint density at radius 3 is 2.83 bits per heavy atom. The van der Waals surface area contributed by atoms with E-state index in [1.807, 2.05) is 13.0 Å². The molecule has 0 aliphatic heterocycles. The summed E-state index contributed by atoms with van der Waals surface area (Å²) in [6.07, 6.45) is 3.20. The topological polar surface area (TPSA) is 63.1 Å². The van der Waals surface area contributed by atoms with Gasteiger partial charge in [0.1, 0.15) is 10.7 Å². The van der Waals surface area contributed by atoms with Crippen LogP contribution in [0.3, 0.4) is 0 Å². The summed E-state index contributed by atoms with van der Waals surface area (Å²) < 4.78 is 0.922. The predicted octanol–water partition coefficient (Wildman–Crippen LogP) is 3.40. The van der Waals surface area contributed by atoms with E-state index in [2.05, 4.69) is 25.9 Å². The Morgan fingerprint density at radius 1 is 1.39 bits per heavy atom. The Morgan fingerprint density at radius 2 is 2.17 bits per heavy atom. The third kappa shape index (κ3) is 3.08. The number of carboxylic acids is 1. The third-order valence-corrected chi connectivity index (χ3v) is 3.71. The van der Waals surface area contributed by atoms with Crippen molar-refractivity contribution in [2.24, 2.45) is 0 Å². The van der Waals surface area contributed by atoms with Gasteiger partial charge in [0, 0.05) is 21.8 Å². The summed E-state index contributed by atoms with van der Waals surface area (Å²) in [7, 11) is 0. The maximum absolute atomic E-state index is 10.8. The lowest BCUT2D eigenvalue weighted by Crippen LogP contribution is -1.99. The van der Waals surface area contributed by atoms with Gasteiger partial charge in [-0.3, -0.25) is 0 Å². The van der Waals surface area contributed by atoms with Crippen LogP contribution in [0, 0.1) is 6.92 Å². The molecule has 2 aromatic rings. The van der Waals surface area contributed by atoms with E-state index in [-0.39, 0.29) is 5.69 Å². The number of hydrogen-bond donors (Lipinski definition) is 1. The summed E-state index contributed by atoms with van der Waals surface area (Å²) in [5.41, 5.74) is 1.07. The van der Waals surface area contributed by atoms with Crippen molar-refractivity contribution >= 4 is 33.7 Å². The average molecular weight is 325 g/mol. The molecule has 0 aliphatic carbocycles. The Balaban J connectivity index is 2.28. The van der Waals surface area contributed by atoms with Crippen LogP contribution in [0.15, 0.2) is 45.0 Å². The predicted molar refractivity (Wildman–Crippen MR) is 72.0 cm³/mol. The van der Waals surface area contributed by atoms with E-state index in [1.54, 1.807) is 12.3 Å². The summed E-state index contributed by atoms with van der Waals surface area (Å²) in [6, 6.07) is 5.27. The highest BCUT2D eigenvalue weighted by atomic mass is 79.9. The van der Waals surface area contributed by atoms with Gasteiger partial charge in [-0.05, 0) is 46.6 Å². The number of rotatable bonds is 3. The molecule has 4 nitrogen and oxygen atoms in total. The number of pyridine rings is 2. The zero-order valence-corrected chi connectivity index (χ0v) is 11.8. The number of aryl methyl sites for hydroxylation is 1. The van der Waals surface area contributed by atoms with Crippen LogP contribution in [0.5, 0.6) is 0 Å². The van der Waals surface area contributed by atoms with Crippen LogP contribution in [0.4, 0.5) is 0 Å². The van der Waals surface area contributed by atoms with E-state index < -0.39 is 5.97 Å². The van der Waals surface area contributed by atoms with Crippen LogP contribution in [0.1, 0.15) is 16.1 Å². The minimum Gasteiger partial charge on any atom is -0.477 e. The molecule has 1 N–H and O–H groups in total. The molecular weight excluding hydrogens is 316 g/mol. The molecule has 0 fully saturated rings. The molecule has 0 saturated carbocycles. The zero-order chi connectivity index (χ0) is 13.1. The molecule has 0 radical (unpaired) electrons. The number of carbonyl (C=O) groups is 1. The average Bonchev–Trinajstić information content (AvgIpc) is 2.33. The second-order valence-electron chi connectivity index (χ2n) is 3.56. The summed E-state index contributed by atoms with van der Waals surface area (Å²) in [5.74, 6) is -1.03. The van der Waals surface area contributed by atoms with Crippen LogP contribution in [0.25, 0.3) is 0 Å². The Labute approximate surface area is 117 Å². The standard InChI is InChI=1S/C12H9BrN2O2S/c1-7-4-8(13)6-15-11(7)18-9-2-3-14-10(5-9)12(16)17/h2-6H,1H3,(H,16,17). The molecule has 0 aliphatic rings. The molecule has 0 amide bonds. The SMILES string of the molecule is Cc1cc(Br)cnc1Sc1ccnc(C(=O)O)c1. The molecule has 2 aromatic heterocycles. The highest BCUT2D eigenvalue weighted by Crippen LogP contribution is 2.29. The van der Waals surface area contributed by atoms with Crippen molar-refractivity contribution in [2.45, 2.75) is 16.8 Å². The lowest BCUT2D eigenvalue weighted by atomic mass is 10.3. The maximum Gasteiger partial charge on any atom is 0.354 e. The van der Waals surface area contributed by atoms with Crippen LogP contribution in [-0.4, -0.2) is 21.0 Å². The molecule has 92 valence electrons. The monoisotopic (exact) mass is 324 g/mol. The first-order chi connectivity index (χ1) is 8.56. The van der Waals surface area contributed by atoms with Gasteiger partial charge in [0.2, 0.25) is 0 Å². The molecule has 0 atom stereocenters. The van der Waals surface area contributed by atoms with Crippen LogP contribution < -0.4 is 0 Å². The number of aromatic nitrogens is 2. The Kier molecular flexibility index (Phi) is 3.98. The van der Waals surface area contributed by atoms with Gasteiger partial charge < -0.3 is 5.11 Å². The molecule has 6 heteroatoms. The van der Waals surface area contributed by atoms with Crippen molar-refractivity contribution in [3.63, 3.8) is 0 Å². The van der Waals surface area contributed by atoms with Crippen molar-refractivity contribution in [2.75, 3.05) is 0 Å². The van der Waals surface area contributed by atoms with E-state index in [0.717, 1.165) is 20.0 Å². The molecule has 0 bridgehead atoms. The largest absolute Gasteiger partial charge is 0.477 e. The fourth-order valence-corrected chi connectivity index (χ4v) is 2.63. The normalized spacial score (nSPS) is 10.3. The van der Waals surface area contributed by atoms with E-state index in [4.69, 9.17) is 5.11 Å². The second-order valence-corrected chi connectivity index (χ2v) is 5.54. The van der Waals surface area contributed by atoms with Gasteiger partial charge in [0.05, 0.1) is 0 Å². The van der Waals surface area contributed by atoms with Gasteiger partial charge in [-0.1, -0.05) is 11.8 Å². The minimum atomic E-state index is -1.03. The van der Waals surface area contributed by atoms with Crippen molar-refractivity contribution in [3.8, 4) is 0 Å². The quantitative estimate of drug-likeness (QED) is 0.937. The molecule has 2 heterocycles.